The molecule has 1 saturated heterocycles. The van der Waals surface area contributed by atoms with E-state index in [9.17, 15) is 9.46 Å². The second-order valence-corrected chi connectivity index (χ2v) is 10.4. The normalized spacial score (nSPS) is 27.4. The monoisotopic (exact) mass is 430 g/mol. The summed E-state index contributed by atoms with van der Waals surface area (Å²) >= 11 is 0. The first-order valence-electron chi connectivity index (χ1n) is 8.94. The van der Waals surface area contributed by atoms with E-state index in [1.807, 2.05) is 0 Å². The zero-order chi connectivity index (χ0) is 21.6. The largest absolute Gasteiger partial charge is 0.382 e. The lowest BCUT2D eigenvalue weighted by Gasteiger charge is -2.31. The van der Waals surface area contributed by atoms with Crippen LogP contribution in [0.3, 0.4) is 0 Å². The topological polar surface area (TPSA) is 170 Å². The Bertz CT molecular complexity index is 930. The van der Waals surface area contributed by atoms with E-state index < -0.39 is 37.3 Å². The zero-order valence-electron chi connectivity index (χ0n) is 17.0. The van der Waals surface area contributed by atoms with Gasteiger partial charge in [-0.2, -0.15) is 9.97 Å². The van der Waals surface area contributed by atoms with Crippen LogP contribution in [0.2, 0.25) is 0 Å². The number of nitrogen functional groups attached to an aromatic ring is 2. The zero-order valence-corrected chi connectivity index (χ0v) is 17.9. The van der Waals surface area contributed by atoms with Crippen molar-refractivity contribution in [3.05, 3.63) is 6.33 Å². The van der Waals surface area contributed by atoms with Crippen LogP contribution in [-0.2, 0) is 23.3 Å². The SMILES string of the molecule is COCC1OC(n2cnc3c(N)nc(N)nc32)C(OC)C1OP(=O)(O)C(C)(C)C. The summed E-state index contributed by atoms with van der Waals surface area (Å²) < 4.78 is 37.0. The minimum Gasteiger partial charge on any atom is -0.382 e. The number of ether oxygens (including phenoxy) is 3. The van der Waals surface area contributed by atoms with Gasteiger partial charge in [0.25, 0.3) is 0 Å². The fraction of sp³-hybridized carbons (Fsp3) is 0.688. The molecule has 0 saturated carbocycles. The summed E-state index contributed by atoms with van der Waals surface area (Å²) in [4.78, 5) is 22.8. The third kappa shape index (κ3) is 3.96. The summed E-state index contributed by atoms with van der Waals surface area (Å²) in [5, 5.41) is -0.987. The molecule has 162 valence electrons. The highest BCUT2D eigenvalue weighted by molar-refractivity contribution is 7.54. The molecule has 13 heteroatoms. The van der Waals surface area contributed by atoms with Crippen molar-refractivity contribution in [3.63, 3.8) is 0 Å². The molecule has 1 fully saturated rings. The Balaban J connectivity index is 2.02. The van der Waals surface area contributed by atoms with E-state index in [0.717, 1.165) is 0 Å². The van der Waals surface area contributed by atoms with Gasteiger partial charge in [-0.05, 0) is 20.8 Å². The Hall–Kier alpha value is -1.82. The summed E-state index contributed by atoms with van der Waals surface area (Å²) in [7, 11) is -1.05. The predicted octanol–water partition coefficient (Wildman–Crippen LogP) is 0.919. The lowest BCUT2D eigenvalue weighted by atomic mass is 10.1. The van der Waals surface area contributed by atoms with E-state index in [0.29, 0.717) is 11.2 Å². The summed E-state index contributed by atoms with van der Waals surface area (Å²) in [6, 6.07) is 0. The van der Waals surface area contributed by atoms with Gasteiger partial charge in [-0.15, -0.1) is 0 Å². The number of fused-ring (bicyclic) bond motifs is 1. The third-order valence-electron chi connectivity index (χ3n) is 4.74. The summed E-state index contributed by atoms with van der Waals surface area (Å²) in [6.07, 6.45) is -1.61. The van der Waals surface area contributed by atoms with Crippen LogP contribution in [0, 0.1) is 0 Å². The molecule has 3 rings (SSSR count). The minimum atomic E-state index is -4.01. The van der Waals surface area contributed by atoms with Gasteiger partial charge in [0.05, 0.1) is 18.1 Å². The van der Waals surface area contributed by atoms with Gasteiger partial charge in [0, 0.05) is 14.2 Å². The number of hydrogen-bond donors (Lipinski definition) is 3. The highest BCUT2D eigenvalue weighted by Crippen LogP contribution is 2.57. The van der Waals surface area contributed by atoms with Gasteiger partial charge in [-0.3, -0.25) is 13.7 Å². The van der Waals surface area contributed by atoms with Crippen LogP contribution in [0.4, 0.5) is 11.8 Å². The second-order valence-electron chi connectivity index (χ2n) is 7.77. The number of anilines is 2. The fourth-order valence-electron chi connectivity index (χ4n) is 3.07. The van der Waals surface area contributed by atoms with E-state index in [4.69, 9.17) is 30.2 Å². The average Bonchev–Trinajstić information content (AvgIpc) is 3.15. The molecule has 1 aliphatic rings. The predicted molar refractivity (Wildman–Crippen MR) is 105 cm³/mol. The molecule has 5 N–H and O–H groups in total. The number of methoxy groups -OCH3 is 2. The van der Waals surface area contributed by atoms with Crippen molar-refractivity contribution in [2.24, 2.45) is 0 Å². The summed E-state index contributed by atoms with van der Waals surface area (Å²) in [5.74, 6) is 0.115. The van der Waals surface area contributed by atoms with Crippen molar-refractivity contribution in [3.8, 4) is 0 Å². The molecular formula is C16H27N6O6P. The van der Waals surface area contributed by atoms with Crippen molar-refractivity contribution in [1.29, 1.82) is 0 Å². The standard InChI is InChI=1S/C16H27N6O6P/c1-16(2,3)29(23,24)28-10-8(6-25-4)27-14(11(10)26-5)22-7-19-9-12(17)20-15(18)21-13(9)22/h7-8,10-11,14H,6H2,1-5H3,(H,23,24)(H4,17,18,20,21). The third-order valence-corrected chi connectivity index (χ3v) is 6.97. The van der Waals surface area contributed by atoms with E-state index in [-0.39, 0.29) is 18.4 Å². The first kappa shape index (κ1) is 21.9. The Morgan fingerprint density at radius 3 is 2.55 bits per heavy atom. The number of aromatic nitrogens is 4. The van der Waals surface area contributed by atoms with Crippen LogP contribution in [0.1, 0.15) is 27.0 Å². The van der Waals surface area contributed by atoms with Gasteiger partial charge in [0.2, 0.25) is 5.95 Å². The van der Waals surface area contributed by atoms with E-state index in [1.165, 1.54) is 20.5 Å². The molecule has 5 atom stereocenters. The van der Waals surface area contributed by atoms with Crippen LogP contribution < -0.4 is 11.5 Å². The minimum absolute atomic E-state index is 0.0162. The molecule has 2 aromatic rings. The Kier molecular flexibility index (Phi) is 5.87. The molecule has 0 amide bonds. The summed E-state index contributed by atoms with van der Waals surface area (Å²) in [5.41, 5.74) is 12.3. The van der Waals surface area contributed by atoms with E-state index in [2.05, 4.69) is 15.0 Å². The molecule has 0 aliphatic carbocycles. The number of hydrogen-bond acceptors (Lipinski definition) is 10. The molecule has 5 unspecified atom stereocenters. The van der Waals surface area contributed by atoms with Crippen molar-refractivity contribution >= 4 is 30.5 Å². The highest BCUT2D eigenvalue weighted by Gasteiger charge is 2.52. The van der Waals surface area contributed by atoms with Gasteiger partial charge in [0.1, 0.15) is 23.8 Å². The molecule has 12 nitrogen and oxygen atoms in total. The van der Waals surface area contributed by atoms with Crippen LogP contribution in [0.5, 0.6) is 0 Å². The fourth-order valence-corrected chi connectivity index (χ4v) is 3.98. The van der Waals surface area contributed by atoms with Crippen molar-refractivity contribution in [2.45, 2.75) is 50.5 Å². The Labute approximate surface area is 168 Å². The maximum absolute atomic E-state index is 12.8. The van der Waals surface area contributed by atoms with Gasteiger partial charge in [-0.1, -0.05) is 0 Å². The maximum atomic E-state index is 12.8. The molecule has 0 spiro atoms. The number of nitrogens with zero attached hydrogens (tertiary/aromatic N) is 4. The smallest absolute Gasteiger partial charge is 0.333 e. The van der Waals surface area contributed by atoms with Gasteiger partial charge >= 0.3 is 7.60 Å². The molecule has 3 heterocycles. The van der Waals surface area contributed by atoms with Crippen LogP contribution >= 0.6 is 7.60 Å². The first-order valence-corrected chi connectivity index (χ1v) is 10.5. The Morgan fingerprint density at radius 1 is 1.28 bits per heavy atom. The second kappa shape index (κ2) is 7.78. The lowest BCUT2D eigenvalue weighted by molar-refractivity contribution is -0.0629. The molecule has 1 aliphatic heterocycles. The molecule has 0 radical (unpaired) electrons. The van der Waals surface area contributed by atoms with E-state index in [1.54, 1.807) is 25.3 Å². The maximum Gasteiger partial charge on any atom is 0.333 e. The number of imidazole rings is 1. The molecular weight excluding hydrogens is 403 g/mol. The molecule has 0 aromatic carbocycles. The lowest BCUT2D eigenvalue weighted by Crippen LogP contribution is -2.38. The highest BCUT2D eigenvalue weighted by atomic mass is 31.2. The van der Waals surface area contributed by atoms with Gasteiger partial charge in [-0.25, -0.2) is 4.98 Å². The molecule has 0 bridgehead atoms. The van der Waals surface area contributed by atoms with Crippen molar-refractivity contribution < 1.29 is 28.2 Å². The molecule has 2 aromatic heterocycles. The van der Waals surface area contributed by atoms with Crippen LogP contribution in [0.25, 0.3) is 11.2 Å². The van der Waals surface area contributed by atoms with Crippen LogP contribution in [0.15, 0.2) is 6.33 Å². The van der Waals surface area contributed by atoms with Gasteiger partial charge < -0.3 is 30.6 Å². The van der Waals surface area contributed by atoms with Crippen LogP contribution in [-0.4, -0.2) is 68.7 Å². The molecule has 29 heavy (non-hydrogen) atoms. The van der Waals surface area contributed by atoms with Crippen molar-refractivity contribution in [2.75, 3.05) is 32.3 Å². The van der Waals surface area contributed by atoms with Crippen molar-refractivity contribution in [1.82, 2.24) is 19.5 Å². The quantitative estimate of drug-likeness (QED) is 0.557. The summed E-state index contributed by atoms with van der Waals surface area (Å²) in [6.45, 7) is 5.00. The van der Waals surface area contributed by atoms with E-state index >= 15 is 0 Å². The number of nitrogens with two attached hydrogens (primary N) is 2. The number of rotatable bonds is 6. The first-order chi connectivity index (χ1) is 13.5. The van der Waals surface area contributed by atoms with Gasteiger partial charge in [0.15, 0.2) is 17.7 Å². The Morgan fingerprint density at radius 2 is 1.97 bits per heavy atom. The average molecular weight is 430 g/mol.